The minimum absolute atomic E-state index is 0.935. The Balaban J connectivity index is 2.75. The molecule has 0 aromatic carbocycles. The van der Waals surface area contributed by atoms with E-state index in [1.54, 1.807) is 0 Å². The molecule has 0 aromatic heterocycles. The first kappa shape index (κ1) is 12.8. The minimum Gasteiger partial charge on any atom is -0.388 e. The molecule has 0 saturated carbocycles. The van der Waals surface area contributed by atoms with Gasteiger partial charge in [-0.1, -0.05) is 0 Å². The van der Waals surface area contributed by atoms with Gasteiger partial charge in [0.1, 0.15) is 18.3 Å². The van der Waals surface area contributed by atoms with Gasteiger partial charge in [-0.3, -0.25) is 4.55 Å². The number of aliphatic hydroxyl groups excluding tert-OH is 3. The van der Waals surface area contributed by atoms with Gasteiger partial charge in [0.15, 0.2) is 0 Å². The molecule has 0 bridgehead atoms. The fraction of sp³-hybridized carbons (Fsp3) is 1.00. The van der Waals surface area contributed by atoms with Crippen LogP contribution in [0.1, 0.15) is 6.92 Å². The molecule has 4 N–H and O–H groups in total. The monoisotopic (exact) mass is 244 g/mol. The summed E-state index contributed by atoms with van der Waals surface area (Å²) >= 11 is 0. The predicted molar refractivity (Wildman–Crippen MR) is 45.0 cm³/mol. The molecule has 1 heterocycles. The minimum atomic E-state index is -4.80. The maximum atomic E-state index is 10.3. The van der Waals surface area contributed by atoms with E-state index in [0.717, 1.165) is 0 Å². The van der Waals surface area contributed by atoms with Gasteiger partial charge in [-0.15, -0.1) is 0 Å². The Morgan fingerprint density at radius 2 is 1.67 bits per heavy atom. The first-order valence-electron chi connectivity index (χ1n) is 4.07. The molecule has 15 heavy (non-hydrogen) atoms. The van der Waals surface area contributed by atoms with Crippen molar-refractivity contribution in [2.75, 3.05) is 0 Å². The number of hydrogen-bond acceptors (Lipinski definition) is 7. The van der Waals surface area contributed by atoms with Crippen LogP contribution in [0.4, 0.5) is 0 Å². The summed E-state index contributed by atoms with van der Waals surface area (Å²) < 4.78 is 37.7. The first-order chi connectivity index (χ1) is 6.72. The van der Waals surface area contributed by atoms with Crippen molar-refractivity contribution >= 4 is 10.4 Å². The van der Waals surface area contributed by atoms with E-state index < -0.39 is 41.1 Å². The summed E-state index contributed by atoms with van der Waals surface area (Å²) in [5.74, 6) is 0. The SMILES string of the molecule is C[C@@H]1OC(OS(=O)(=O)O)[C@@H](O)[C@H](O)[C@@H]1O. The fourth-order valence-corrected chi connectivity index (χ4v) is 1.61. The summed E-state index contributed by atoms with van der Waals surface area (Å²) in [5.41, 5.74) is 0. The number of hydrogen-bond donors (Lipinski definition) is 4. The van der Waals surface area contributed by atoms with Crippen LogP contribution in [0, 0.1) is 0 Å². The third-order valence-electron chi connectivity index (χ3n) is 2.02. The van der Waals surface area contributed by atoms with Crippen LogP contribution in [0.2, 0.25) is 0 Å². The molecule has 0 spiro atoms. The van der Waals surface area contributed by atoms with E-state index in [1.807, 2.05) is 0 Å². The molecule has 0 aliphatic carbocycles. The molecular weight excluding hydrogens is 232 g/mol. The molecular formula is C6H12O8S. The molecule has 5 atom stereocenters. The molecule has 9 heteroatoms. The summed E-state index contributed by atoms with van der Waals surface area (Å²) in [5, 5.41) is 27.7. The van der Waals surface area contributed by atoms with Gasteiger partial charge in [0.25, 0.3) is 0 Å². The Hall–Kier alpha value is -0.290. The molecule has 1 aliphatic heterocycles. The van der Waals surface area contributed by atoms with Crippen LogP contribution < -0.4 is 0 Å². The average molecular weight is 244 g/mol. The highest BCUT2D eigenvalue weighted by Gasteiger charge is 2.44. The zero-order valence-electron chi connectivity index (χ0n) is 7.72. The maximum Gasteiger partial charge on any atom is 0.399 e. The van der Waals surface area contributed by atoms with Gasteiger partial charge in [0.2, 0.25) is 6.29 Å². The van der Waals surface area contributed by atoms with Gasteiger partial charge in [-0.2, -0.15) is 8.42 Å². The van der Waals surface area contributed by atoms with E-state index in [2.05, 4.69) is 4.18 Å². The normalized spacial score (nSPS) is 42.9. The van der Waals surface area contributed by atoms with Crippen molar-refractivity contribution in [3.8, 4) is 0 Å². The third-order valence-corrected chi connectivity index (χ3v) is 2.46. The second-order valence-electron chi connectivity index (χ2n) is 3.21. The lowest BCUT2D eigenvalue weighted by Crippen LogP contribution is -2.57. The second kappa shape index (κ2) is 4.29. The molecule has 1 unspecified atom stereocenters. The summed E-state index contributed by atoms with van der Waals surface area (Å²) in [6, 6.07) is 0. The lowest BCUT2D eigenvalue weighted by atomic mass is 10.0. The van der Waals surface area contributed by atoms with Crippen LogP contribution in [-0.4, -0.2) is 59.0 Å². The topological polar surface area (TPSA) is 134 Å². The lowest BCUT2D eigenvalue weighted by Gasteiger charge is -2.37. The first-order valence-corrected chi connectivity index (χ1v) is 5.44. The Morgan fingerprint density at radius 3 is 2.13 bits per heavy atom. The van der Waals surface area contributed by atoms with E-state index >= 15 is 0 Å². The Labute approximate surface area is 86.0 Å². The molecule has 1 saturated heterocycles. The van der Waals surface area contributed by atoms with Crippen LogP contribution in [0.15, 0.2) is 0 Å². The summed E-state index contributed by atoms with van der Waals surface area (Å²) in [4.78, 5) is 0. The quantitative estimate of drug-likeness (QED) is 0.396. The standard InChI is InChI=1S/C6H12O8S/c1-2-3(7)4(8)5(9)6(13-2)14-15(10,11)12/h2-9H,1H3,(H,10,11,12)/t2-,3+,4+,5-,6?/m0/s1. The van der Waals surface area contributed by atoms with E-state index in [-0.39, 0.29) is 0 Å². The zero-order chi connectivity index (χ0) is 11.8. The third kappa shape index (κ3) is 3.08. The maximum absolute atomic E-state index is 10.3. The highest BCUT2D eigenvalue weighted by atomic mass is 32.3. The van der Waals surface area contributed by atoms with Crippen molar-refractivity contribution in [2.45, 2.75) is 37.6 Å². The van der Waals surface area contributed by atoms with Crippen molar-refractivity contribution in [3.63, 3.8) is 0 Å². The smallest absolute Gasteiger partial charge is 0.388 e. The Bertz CT molecular complexity index is 313. The van der Waals surface area contributed by atoms with Gasteiger partial charge in [0.05, 0.1) is 6.10 Å². The second-order valence-corrected chi connectivity index (χ2v) is 4.25. The fourth-order valence-electron chi connectivity index (χ4n) is 1.21. The van der Waals surface area contributed by atoms with E-state index in [0.29, 0.717) is 0 Å². The predicted octanol–water partition coefficient (Wildman–Crippen LogP) is -2.37. The summed E-state index contributed by atoms with van der Waals surface area (Å²) in [6.07, 6.45) is -7.41. The van der Waals surface area contributed by atoms with Crippen LogP contribution in [0.3, 0.4) is 0 Å². The number of aliphatic hydroxyl groups is 3. The molecule has 0 radical (unpaired) electrons. The number of ether oxygens (including phenoxy) is 1. The highest BCUT2D eigenvalue weighted by Crippen LogP contribution is 2.22. The van der Waals surface area contributed by atoms with Crippen molar-refractivity contribution in [2.24, 2.45) is 0 Å². The Kier molecular flexibility index (Phi) is 3.66. The van der Waals surface area contributed by atoms with Crippen LogP contribution in [-0.2, 0) is 19.3 Å². The van der Waals surface area contributed by atoms with Crippen molar-refractivity contribution in [1.82, 2.24) is 0 Å². The molecule has 90 valence electrons. The lowest BCUT2D eigenvalue weighted by molar-refractivity contribution is -0.268. The zero-order valence-corrected chi connectivity index (χ0v) is 8.53. The average Bonchev–Trinajstić information content (AvgIpc) is 2.08. The van der Waals surface area contributed by atoms with Crippen LogP contribution >= 0.6 is 0 Å². The Morgan fingerprint density at radius 1 is 1.13 bits per heavy atom. The van der Waals surface area contributed by atoms with Crippen molar-refractivity contribution < 1.29 is 37.2 Å². The van der Waals surface area contributed by atoms with Crippen LogP contribution in [0.25, 0.3) is 0 Å². The molecule has 1 fully saturated rings. The molecule has 1 rings (SSSR count). The largest absolute Gasteiger partial charge is 0.399 e. The molecule has 8 nitrogen and oxygen atoms in total. The highest BCUT2D eigenvalue weighted by molar-refractivity contribution is 7.80. The number of rotatable bonds is 2. The van der Waals surface area contributed by atoms with E-state index in [4.69, 9.17) is 9.29 Å². The van der Waals surface area contributed by atoms with Gasteiger partial charge >= 0.3 is 10.4 Å². The summed E-state index contributed by atoms with van der Waals surface area (Å²) in [7, 11) is -4.80. The van der Waals surface area contributed by atoms with Gasteiger partial charge in [0, 0.05) is 0 Å². The van der Waals surface area contributed by atoms with Gasteiger partial charge in [-0.05, 0) is 6.92 Å². The molecule has 0 amide bonds. The summed E-state index contributed by atoms with van der Waals surface area (Å²) in [6.45, 7) is 1.35. The van der Waals surface area contributed by atoms with Crippen LogP contribution in [0.5, 0.6) is 0 Å². The van der Waals surface area contributed by atoms with E-state index in [1.165, 1.54) is 6.92 Å². The van der Waals surface area contributed by atoms with Crippen molar-refractivity contribution in [1.29, 1.82) is 0 Å². The van der Waals surface area contributed by atoms with Gasteiger partial charge < -0.3 is 20.1 Å². The van der Waals surface area contributed by atoms with E-state index in [9.17, 15) is 23.7 Å². The molecule has 0 aromatic rings. The van der Waals surface area contributed by atoms with Gasteiger partial charge in [-0.25, -0.2) is 4.18 Å². The van der Waals surface area contributed by atoms with Crippen molar-refractivity contribution in [3.05, 3.63) is 0 Å². The molecule has 1 aliphatic rings.